The number of aromatic nitrogens is 1. The molecule has 1 rings (SSSR count). The van der Waals surface area contributed by atoms with Gasteiger partial charge in [0.15, 0.2) is 5.13 Å². The molecule has 1 heterocycles. The minimum absolute atomic E-state index is 0.00502. The van der Waals surface area contributed by atoms with E-state index in [0.717, 1.165) is 6.42 Å². The van der Waals surface area contributed by atoms with Crippen molar-refractivity contribution in [2.45, 2.75) is 25.8 Å². The summed E-state index contributed by atoms with van der Waals surface area (Å²) < 4.78 is 0. The van der Waals surface area contributed by atoms with Gasteiger partial charge in [-0.2, -0.15) is 0 Å². The van der Waals surface area contributed by atoms with Crippen molar-refractivity contribution in [3.05, 3.63) is 11.1 Å². The molecule has 0 aliphatic heterocycles. The van der Waals surface area contributed by atoms with Crippen LogP contribution in [-0.4, -0.2) is 16.9 Å². The lowest BCUT2D eigenvalue weighted by atomic mass is 10.1. The summed E-state index contributed by atoms with van der Waals surface area (Å²) in [5, 5.41) is 4.83. The first kappa shape index (κ1) is 11.5. The number of nitrogens with two attached hydrogens (primary N) is 1. The number of carbonyl (C=O) groups excluding carboxylic acids is 1. The van der Waals surface area contributed by atoms with E-state index in [9.17, 15) is 4.79 Å². The minimum Gasteiger partial charge on any atom is -0.375 e. The summed E-state index contributed by atoms with van der Waals surface area (Å²) in [4.78, 5) is 15.5. The van der Waals surface area contributed by atoms with Crippen molar-refractivity contribution < 1.29 is 4.79 Å². The molecule has 0 spiro atoms. The summed E-state index contributed by atoms with van der Waals surface area (Å²) in [6, 6.07) is 0.00502. The van der Waals surface area contributed by atoms with Gasteiger partial charge in [-0.1, -0.05) is 6.92 Å². The molecule has 3 N–H and O–H groups in total. The molecule has 0 aliphatic rings. The first-order valence-electron chi connectivity index (χ1n) is 4.62. The molecule has 0 fully saturated rings. The third-order valence-corrected chi connectivity index (χ3v) is 2.62. The van der Waals surface area contributed by atoms with E-state index in [4.69, 9.17) is 12.2 Å². The number of nitrogen functional groups attached to an aromatic ring is 1. The Morgan fingerprint density at radius 3 is 3.07 bits per heavy atom. The third kappa shape index (κ3) is 3.26. The molecule has 0 saturated heterocycles. The molecule has 1 amide bonds. The summed E-state index contributed by atoms with van der Waals surface area (Å²) in [6.07, 6.45) is 6.52. The number of amides is 1. The van der Waals surface area contributed by atoms with Crippen LogP contribution in [0.15, 0.2) is 5.38 Å². The molecule has 0 bridgehead atoms. The van der Waals surface area contributed by atoms with Gasteiger partial charge >= 0.3 is 0 Å². The van der Waals surface area contributed by atoms with E-state index in [1.807, 2.05) is 6.92 Å². The molecular weight excluding hydrogens is 210 g/mol. The maximum atomic E-state index is 11.6. The topological polar surface area (TPSA) is 68.0 Å². The number of anilines is 1. The van der Waals surface area contributed by atoms with E-state index in [-0.39, 0.29) is 11.9 Å². The van der Waals surface area contributed by atoms with E-state index < -0.39 is 0 Å². The number of nitrogens with one attached hydrogen (secondary N) is 1. The minimum atomic E-state index is -0.218. The SMILES string of the molecule is C#CCC(CC)NC(=O)c1csc(N)n1. The molecule has 0 saturated carbocycles. The van der Waals surface area contributed by atoms with Crippen LogP contribution >= 0.6 is 11.3 Å². The van der Waals surface area contributed by atoms with E-state index in [1.54, 1.807) is 5.38 Å². The van der Waals surface area contributed by atoms with Crippen LogP contribution in [0.4, 0.5) is 5.13 Å². The fourth-order valence-corrected chi connectivity index (χ4v) is 1.63. The van der Waals surface area contributed by atoms with Gasteiger partial charge in [-0.15, -0.1) is 23.7 Å². The van der Waals surface area contributed by atoms with Crippen molar-refractivity contribution in [2.24, 2.45) is 0 Å². The van der Waals surface area contributed by atoms with E-state index in [1.165, 1.54) is 11.3 Å². The summed E-state index contributed by atoms with van der Waals surface area (Å²) in [7, 11) is 0. The fraction of sp³-hybridized carbons (Fsp3) is 0.400. The Morgan fingerprint density at radius 2 is 2.60 bits per heavy atom. The van der Waals surface area contributed by atoms with E-state index in [2.05, 4.69) is 16.2 Å². The first-order valence-corrected chi connectivity index (χ1v) is 5.50. The zero-order valence-corrected chi connectivity index (χ0v) is 9.30. The van der Waals surface area contributed by atoms with Crippen molar-refractivity contribution >= 4 is 22.4 Å². The number of terminal acetylenes is 1. The maximum Gasteiger partial charge on any atom is 0.271 e. The van der Waals surface area contributed by atoms with Gasteiger partial charge in [0, 0.05) is 17.8 Å². The number of hydrogen-bond acceptors (Lipinski definition) is 4. The third-order valence-electron chi connectivity index (χ3n) is 1.95. The molecule has 1 atom stereocenters. The number of carbonyl (C=O) groups is 1. The average molecular weight is 223 g/mol. The Kier molecular flexibility index (Phi) is 4.13. The predicted octanol–water partition coefficient (Wildman–Crippen LogP) is 1.26. The Hall–Kier alpha value is -1.54. The molecule has 1 unspecified atom stereocenters. The lowest BCUT2D eigenvalue weighted by Gasteiger charge is -2.12. The smallest absolute Gasteiger partial charge is 0.271 e. The highest BCUT2D eigenvalue weighted by Crippen LogP contribution is 2.11. The van der Waals surface area contributed by atoms with Crippen LogP contribution in [0, 0.1) is 12.3 Å². The van der Waals surface area contributed by atoms with Gasteiger partial charge in [0.1, 0.15) is 5.69 Å². The number of hydrogen-bond donors (Lipinski definition) is 2. The highest BCUT2D eigenvalue weighted by atomic mass is 32.1. The molecule has 15 heavy (non-hydrogen) atoms. The van der Waals surface area contributed by atoms with Crippen molar-refractivity contribution in [3.63, 3.8) is 0 Å². The van der Waals surface area contributed by atoms with Gasteiger partial charge in [0.2, 0.25) is 0 Å². The monoisotopic (exact) mass is 223 g/mol. The summed E-state index contributed by atoms with van der Waals surface area (Å²) in [5.41, 5.74) is 5.79. The molecule has 0 aromatic carbocycles. The molecule has 5 heteroatoms. The lowest BCUT2D eigenvalue weighted by Crippen LogP contribution is -2.34. The number of rotatable bonds is 4. The Morgan fingerprint density at radius 1 is 1.87 bits per heavy atom. The molecule has 4 nitrogen and oxygen atoms in total. The Labute approximate surface area is 92.9 Å². The van der Waals surface area contributed by atoms with Crippen molar-refractivity contribution in [3.8, 4) is 12.3 Å². The summed E-state index contributed by atoms with van der Waals surface area (Å²) in [6.45, 7) is 1.97. The van der Waals surface area contributed by atoms with Crippen LogP contribution in [0.1, 0.15) is 30.3 Å². The average Bonchev–Trinajstić information content (AvgIpc) is 2.64. The molecule has 1 aromatic heterocycles. The zero-order valence-electron chi connectivity index (χ0n) is 8.49. The van der Waals surface area contributed by atoms with Crippen molar-refractivity contribution in [2.75, 3.05) is 5.73 Å². The van der Waals surface area contributed by atoms with E-state index in [0.29, 0.717) is 17.2 Å². The summed E-state index contributed by atoms with van der Waals surface area (Å²) in [5.74, 6) is 2.31. The van der Waals surface area contributed by atoms with Crippen LogP contribution < -0.4 is 11.1 Å². The molecule has 80 valence electrons. The van der Waals surface area contributed by atoms with Crippen LogP contribution in [0.2, 0.25) is 0 Å². The van der Waals surface area contributed by atoms with Gasteiger partial charge in [0.05, 0.1) is 0 Å². The van der Waals surface area contributed by atoms with Crippen LogP contribution in [0.25, 0.3) is 0 Å². The van der Waals surface area contributed by atoms with Crippen LogP contribution in [0.5, 0.6) is 0 Å². The fourth-order valence-electron chi connectivity index (χ4n) is 1.09. The predicted molar refractivity (Wildman–Crippen MR) is 61.5 cm³/mol. The van der Waals surface area contributed by atoms with E-state index >= 15 is 0 Å². The van der Waals surface area contributed by atoms with Crippen molar-refractivity contribution in [1.29, 1.82) is 0 Å². The molecular formula is C10H13N3OS. The van der Waals surface area contributed by atoms with Gasteiger partial charge in [-0.05, 0) is 6.42 Å². The largest absolute Gasteiger partial charge is 0.375 e. The lowest BCUT2D eigenvalue weighted by molar-refractivity contribution is 0.0932. The highest BCUT2D eigenvalue weighted by Gasteiger charge is 2.13. The van der Waals surface area contributed by atoms with Crippen LogP contribution in [-0.2, 0) is 0 Å². The molecule has 0 aliphatic carbocycles. The second kappa shape index (κ2) is 5.37. The normalized spacial score (nSPS) is 11.7. The highest BCUT2D eigenvalue weighted by molar-refractivity contribution is 7.13. The number of thiazole rings is 1. The molecule has 0 radical (unpaired) electrons. The van der Waals surface area contributed by atoms with Gasteiger partial charge in [0.25, 0.3) is 5.91 Å². The van der Waals surface area contributed by atoms with Crippen LogP contribution in [0.3, 0.4) is 0 Å². The van der Waals surface area contributed by atoms with Gasteiger partial charge in [-0.25, -0.2) is 4.98 Å². The maximum absolute atomic E-state index is 11.6. The summed E-state index contributed by atoms with van der Waals surface area (Å²) >= 11 is 1.25. The number of nitrogens with zero attached hydrogens (tertiary/aromatic N) is 1. The molecule has 1 aromatic rings. The van der Waals surface area contributed by atoms with Gasteiger partial charge < -0.3 is 11.1 Å². The van der Waals surface area contributed by atoms with Gasteiger partial charge in [-0.3, -0.25) is 4.79 Å². The standard InChI is InChI=1S/C10H13N3OS/c1-3-5-7(4-2)12-9(14)8-6-15-10(11)13-8/h1,6-7H,4-5H2,2H3,(H2,11,13)(H,12,14). The Balaban J connectivity index is 2.59. The quantitative estimate of drug-likeness (QED) is 0.755. The second-order valence-electron chi connectivity index (χ2n) is 3.06. The second-order valence-corrected chi connectivity index (χ2v) is 3.95. The van der Waals surface area contributed by atoms with Crippen molar-refractivity contribution in [1.82, 2.24) is 10.3 Å². The Bertz CT molecular complexity index is 380. The zero-order chi connectivity index (χ0) is 11.3. The first-order chi connectivity index (χ1) is 7.17.